The van der Waals surface area contributed by atoms with E-state index >= 15 is 0 Å². The number of fused-ring (bicyclic) bond motifs is 3. The fourth-order valence-corrected chi connectivity index (χ4v) is 3.03. The average molecular weight is 346 g/mol. The van der Waals surface area contributed by atoms with Gasteiger partial charge in [0.15, 0.2) is 23.2 Å². The second-order valence-electron chi connectivity index (χ2n) is 5.66. The Balaban J connectivity index is 2.01. The Morgan fingerprint density at radius 3 is 2.40 bits per heavy atom. The van der Waals surface area contributed by atoms with E-state index in [1.807, 2.05) is 0 Å². The molecule has 1 aromatic heterocycles. The van der Waals surface area contributed by atoms with Crippen molar-refractivity contribution < 1.29 is 27.1 Å². The fourth-order valence-electron chi connectivity index (χ4n) is 3.03. The molecule has 0 amide bonds. The van der Waals surface area contributed by atoms with Gasteiger partial charge in [-0.15, -0.1) is 0 Å². The monoisotopic (exact) mass is 346 g/mol. The number of benzene rings is 2. The van der Waals surface area contributed by atoms with Crippen molar-refractivity contribution >= 4 is 16.9 Å². The second-order valence-corrected chi connectivity index (χ2v) is 5.66. The van der Waals surface area contributed by atoms with E-state index in [9.17, 15) is 22.8 Å². The quantitative estimate of drug-likeness (QED) is 0.383. The lowest BCUT2D eigenvalue weighted by Gasteiger charge is -2.24. The molecule has 2 aromatic carbocycles. The molecule has 0 saturated heterocycles. The molecule has 0 aliphatic carbocycles. The molecule has 4 rings (SSSR count). The van der Waals surface area contributed by atoms with E-state index in [4.69, 9.17) is 9.15 Å². The van der Waals surface area contributed by atoms with E-state index in [1.165, 1.54) is 6.07 Å². The van der Waals surface area contributed by atoms with Crippen molar-refractivity contribution in [3.63, 3.8) is 0 Å². The predicted octanol–water partition coefficient (Wildman–Crippen LogP) is 3.65. The van der Waals surface area contributed by atoms with Gasteiger partial charge in [0, 0.05) is 5.92 Å². The molecule has 2 heterocycles. The standard InChI is InChI=1S/C18H9F3O4/c19-11-5-8(6-12(20)16(11)21)10-7-14(22)25-17-9-3-1-2-4-13(9)24-18(23)15(10)17/h1-6,10H,7H2/t10-/m0/s1. The Bertz CT molecular complexity index is 1060. The number of ether oxygens (including phenoxy) is 1. The summed E-state index contributed by atoms with van der Waals surface area (Å²) in [7, 11) is 0. The topological polar surface area (TPSA) is 56.5 Å². The van der Waals surface area contributed by atoms with Crippen LogP contribution in [0.5, 0.6) is 5.75 Å². The molecule has 25 heavy (non-hydrogen) atoms. The first-order valence-corrected chi connectivity index (χ1v) is 7.36. The smallest absolute Gasteiger partial charge is 0.343 e. The molecular weight excluding hydrogens is 337 g/mol. The molecule has 0 radical (unpaired) electrons. The molecule has 0 N–H and O–H groups in total. The van der Waals surface area contributed by atoms with Crippen LogP contribution in [-0.2, 0) is 4.79 Å². The van der Waals surface area contributed by atoms with E-state index in [2.05, 4.69) is 0 Å². The van der Waals surface area contributed by atoms with Gasteiger partial charge in [-0.1, -0.05) is 12.1 Å². The van der Waals surface area contributed by atoms with Crippen LogP contribution in [0.4, 0.5) is 13.2 Å². The van der Waals surface area contributed by atoms with Crippen molar-refractivity contribution in [2.24, 2.45) is 0 Å². The number of hydrogen-bond donors (Lipinski definition) is 0. The molecule has 126 valence electrons. The van der Waals surface area contributed by atoms with Crippen molar-refractivity contribution in [1.29, 1.82) is 0 Å². The summed E-state index contributed by atoms with van der Waals surface area (Å²) in [6, 6.07) is 7.96. The highest BCUT2D eigenvalue weighted by molar-refractivity contribution is 5.90. The third-order valence-electron chi connectivity index (χ3n) is 4.14. The summed E-state index contributed by atoms with van der Waals surface area (Å²) in [5.74, 6) is -6.09. The van der Waals surface area contributed by atoms with Crippen LogP contribution in [0.15, 0.2) is 45.6 Å². The molecule has 0 bridgehead atoms. The molecule has 7 heteroatoms. The first-order valence-electron chi connectivity index (χ1n) is 7.36. The third-order valence-corrected chi connectivity index (χ3v) is 4.14. The second kappa shape index (κ2) is 5.47. The van der Waals surface area contributed by atoms with E-state index in [0.29, 0.717) is 5.39 Å². The van der Waals surface area contributed by atoms with Gasteiger partial charge in [-0.2, -0.15) is 0 Å². The molecule has 0 saturated carbocycles. The number of halogens is 3. The van der Waals surface area contributed by atoms with Crippen LogP contribution in [0.2, 0.25) is 0 Å². The third kappa shape index (κ3) is 2.39. The van der Waals surface area contributed by atoms with E-state index in [-0.39, 0.29) is 28.9 Å². The minimum Gasteiger partial charge on any atom is -0.425 e. The zero-order valence-electron chi connectivity index (χ0n) is 12.5. The highest BCUT2D eigenvalue weighted by atomic mass is 19.2. The van der Waals surface area contributed by atoms with Crippen LogP contribution in [0, 0.1) is 17.5 Å². The zero-order chi connectivity index (χ0) is 17.7. The Kier molecular flexibility index (Phi) is 3.38. The minimum atomic E-state index is -1.62. The lowest BCUT2D eigenvalue weighted by molar-refractivity contribution is -0.135. The summed E-state index contributed by atoms with van der Waals surface area (Å²) in [5.41, 5.74) is -0.631. The van der Waals surface area contributed by atoms with Crippen molar-refractivity contribution in [1.82, 2.24) is 0 Å². The van der Waals surface area contributed by atoms with Crippen molar-refractivity contribution in [2.45, 2.75) is 12.3 Å². The Labute approximate surface area is 138 Å². The molecule has 0 unspecified atom stereocenters. The Morgan fingerprint density at radius 2 is 1.68 bits per heavy atom. The van der Waals surface area contributed by atoms with Crippen LogP contribution in [-0.4, -0.2) is 5.97 Å². The average Bonchev–Trinajstić information content (AvgIpc) is 2.58. The molecule has 0 fully saturated rings. The van der Waals surface area contributed by atoms with Gasteiger partial charge in [0.25, 0.3) is 0 Å². The summed E-state index contributed by atoms with van der Waals surface area (Å²) in [6.45, 7) is 0. The van der Waals surface area contributed by atoms with Gasteiger partial charge in [-0.25, -0.2) is 18.0 Å². The predicted molar refractivity (Wildman–Crippen MR) is 80.9 cm³/mol. The first kappa shape index (κ1) is 15.4. The SMILES string of the molecule is O=C1C[C@@H](c2cc(F)c(F)c(F)c2)c2c(c3ccccc3oc2=O)O1. The molecular formula is C18H9F3O4. The summed E-state index contributed by atoms with van der Waals surface area (Å²) >= 11 is 0. The highest BCUT2D eigenvalue weighted by Crippen LogP contribution is 2.41. The van der Waals surface area contributed by atoms with Crippen molar-refractivity contribution in [2.75, 3.05) is 0 Å². The maximum absolute atomic E-state index is 13.6. The summed E-state index contributed by atoms with van der Waals surface area (Å²) in [6.07, 6.45) is -0.319. The van der Waals surface area contributed by atoms with E-state index < -0.39 is 35.0 Å². The number of carbonyl (C=O) groups excluding carboxylic acids is 1. The maximum atomic E-state index is 13.6. The first-order chi connectivity index (χ1) is 12.0. The Morgan fingerprint density at radius 1 is 1.00 bits per heavy atom. The molecule has 4 nitrogen and oxygen atoms in total. The number of carbonyl (C=O) groups is 1. The van der Waals surface area contributed by atoms with Crippen molar-refractivity contribution in [3.8, 4) is 5.75 Å². The van der Waals surface area contributed by atoms with Gasteiger partial charge < -0.3 is 9.15 Å². The van der Waals surface area contributed by atoms with Gasteiger partial charge in [-0.3, -0.25) is 4.79 Å². The van der Waals surface area contributed by atoms with Gasteiger partial charge in [0.2, 0.25) is 0 Å². The molecule has 3 aromatic rings. The highest BCUT2D eigenvalue weighted by Gasteiger charge is 2.34. The van der Waals surface area contributed by atoms with Gasteiger partial charge in [-0.05, 0) is 29.8 Å². The van der Waals surface area contributed by atoms with Crippen LogP contribution in [0.1, 0.15) is 23.5 Å². The van der Waals surface area contributed by atoms with E-state index in [0.717, 1.165) is 12.1 Å². The number of para-hydroxylation sites is 1. The largest absolute Gasteiger partial charge is 0.425 e. The molecule has 0 spiro atoms. The lowest BCUT2D eigenvalue weighted by Crippen LogP contribution is -2.27. The number of hydrogen-bond acceptors (Lipinski definition) is 4. The molecule has 1 aliphatic rings. The zero-order valence-corrected chi connectivity index (χ0v) is 12.5. The van der Waals surface area contributed by atoms with Crippen LogP contribution < -0.4 is 10.4 Å². The van der Waals surface area contributed by atoms with Crippen LogP contribution >= 0.6 is 0 Å². The van der Waals surface area contributed by atoms with Gasteiger partial charge in [0.1, 0.15) is 5.58 Å². The number of rotatable bonds is 1. The maximum Gasteiger partial charge on any atom is 0.343 e. The van der Waals surface area contributed by atoms with Gasteiger partial charge in [0.05, 0.1) is 17.4 Å². The van der Waals surface area contributed by atoms with Gasteiger partial charge >= 0.3 is 11.6 Å². The normalized spacial score (nSPS) is 16.6. The summed E-state index contributed by atoms with van der Waals surface area (Å²) in [5, 5.41) is 0.387. The van der Waals surface area contributed by atoms with E-state index in [1.54, 1.807) is 18.2 Å². The minimum absolute atomic E-state index is 0.00163. The summed E-state index contributed by atoms with van der Waals surface area (Å²) in [4.78, 5) is 24.4. The lowest BCUT2D eigenvalue weighted by atomic mass is 9.86. The Hall–Kier alpha value is -3.09. The summed E-state index contributed by atoms with van der Waals surface area (Å²) < 4.78 is 50.8. The molecule has 1 aliphatic heterocycles. The van der Waals surface area contributed by atoms with Crippen molar-refractivity contribution in [3.05, 3.63) is 75.4 Å². The van der Waals surface area contributed by atoms with Crippen LogP contribution in [0.3, 0.4) is 0 Å². The van der Waals surface area contributed by atoms with Crippen LogP contribution in [0.25, 0.3) is 11.0 Å². The molecule has 1 atom stereocenters. The fraction of sp³-hybridized carbons (Fsp3) is 0.111. The number of esters is 1.